The Morgan fingerprint density at radius 2 is 1.69 bits per heavy atom. The molecule has 4 aromatic rings. The molecule has 0 radical (unpaired) electrons. The quantitative estimate of drug-likeness (QED) is 0.252. The van der Waals surface area contributed by atoms with Crippen LogP contribution in [0, 0.1) is 0 Å². The molecular formula is C26H25N5O3S. The SMILES string of the molecule is C=CCn1c(CC(=O)Nc2ccccc2OC)nnc1SCC(=O)Nc1cccc2ccccc12. The van der Waals surface area contributed by atoms with Crippen LogP contribution in [0.15, 0.2) is 84.5 Å². The van der Waals surface area contributed by atoms with Gasteiger partial charge < -0.3 is 19.9 Å². The lowest BCUT2D eigenvalue weighted by Gasteiger charge is -2.11. The zero-order chi connectivity index (χ0) is 24.6. The highest BCUT2D eigenvalue weighted by molar-refractivity contribution is 7.99. The minimum Gasteiger partial charge on any atom is -0.495 e. The molecule has 0 spiro atoms. The van der Waals surface area contributed by atoms with E-state index in [-0.39, 0.29) is 24.0 Å². The van der Waals surface area contributed by atoms with Crippen LogP contribution >= 0.6 is 11.8 Å². The molecule has 2 amide bonds. The number of anilines is 2. The van der Waals surface area contributed by atoms with Crippen molar-refractivity contribution in [3.8, 4) is 5.75 Å². The van der Waals surface area contributed by atoms with E-state index in [1.54, 1.807) is 29.9 Å². The normalized spacial score (nSPS) is 10.7. The first-order valence-corrected chi connectivity index (χ1v) is 11.9. The highest BCUT2D eigenvalue weighted by atomic mass is 32.2. The van der Waals surface area contributed by atoms with Crippen molar-refractivity contribution in [1.82, 2.24) is 14.8 Å². The highest BCUT2D eigenvalue weighted by Gasteiger charge is 2.17. The summed E-state index contributed by atoms with van der Waals surface area (Å²) in [5.41, 5.74) is 1.34. The molecule has 0 aliphatic heterocycles. The number of carbonyl (C=O) groups is 2. The Bertz CT molecular complexity index is 1360. The second-order valence-corrected chi connectivity index (χ2v) is 8.53. The predicted octanol–water partition coefficient (Wildman–Crippen LogP) is 4.54. The van der Waals surface area contributed by atoms with Crippen molar-refractivity contribution >= 4 is 45.7 Å². The van der Waals surface area contributed by atoms with E-state index in [9.17, 15) is 9.59 Å². The molecule has 0 bridgehead atoms. The first-order chi connectivity index (χ1) is 17.1. The number of allylic oxidation sites excluding steroid dienone is 1. The Kier molecular flexibility index (Phi) is 7.79. The minimum atomic E-state index is -0.252. The van der Waals surface area contributed by atoms with E-state index in [1.165, 1.54) is 11.8 Å². The Labute approximate surface area is 207 Å². The molecule has 178 valence electrons. The van der Waals surface area contributed by atoms with E-state index in [1.807, 2.05) is 54.6 Å². The molecule has 0 saturated carbocycles. The Hall–Kier alpha value is -4.11. The van der Waals surface area contributed by atoms with E-state index in [0.29, 0.717) is 29.0 Å². The van der Waals surface area contributed by atoms with Crippen LogP contribution in [0.5, 0.6) is 5.75 Å². The standard InChI is InChI=1S/C26H25N5O3S/c1-3-15-31-23(16-24(32)28-21-12-6-7-14-22(21)34-2)29-30-26(31)35-17-25(33)27-20-13-8-10-18-9-4-5-11-19(18)20/h3-14H,1,15-17H2,2H3,(H,27,33)(H,28,32). The number of benzene rings is 3. The summed E-state index contributed by atoms with van der Waals surface area (Å²) in [5.74, 6) is 0.787. The van der Waals surface area contributed by atoms with Crippen LogP contribution in [0.3, 0.4) is 0 Å². The maximum Gasteiger partial charge on any atom is 0.234 e. The van der Waals surface area contributed by atoms with Gasteiger partial charge in [0.15, 0.2) is 5.16 Å². The van der Waals surface area contributed by atoms with Crippen molar-refractivity contribution in [3.05, 3.63) is 85.2 Å². The largest absolute Gasteiger partial charge is 0.495 e. The summed E-state index contributed by atoms with van der Waals surface area (Å²) < 4.78 is 7.06. The van der Waals surface area contributed by atoms with Crippen LogP contribution in [0.4, 0.5) is 11.4 Å². The number of carbonyl (C=O) groups excluding carboxylic acids is 2. The number of para-hydroxylation sites is 2. The van der Waals surface area contributed by atoms with Gasteiger partial charge in [0.25, 0.3) is 0 Å². The molecule has 0 unspecified atom stereocenters. The number of nitrogens with one attached hydrogen (secondary N) is 2. The highest BCUT2D eigenvalue weighted by Crippen LogP contribution is 2.25. The number of hydrogen-bond acceptors (Lipinski definition) is 6. The van der Waals surface area contributed by atoms with E-state index in [0.717, 1.165) is 16.5 Å². The second-order valence-electron chi connectivity index (χ2n) is 7.59. The number of ether oxygens (including phenoxy) is 1. The molecule has 0 fully saturated rings. The van der Waals surface area contributed by atoms with Crippen LogP contribution in [-0.2, 0) is 22.6 Å². The lowest BCUT2D eigenvalue weighted by atomic mass is 10.1. The smallest absolute Gasteiger partial charge is 0.234 e. The number of rotatable bonds is 10. The molecule has 1 aromatic heterocycles. The van der Waals surface area contributed by atoms with Gasteiger partial charge in [-0.15, -0.1) is 16.8 Å². The fraction of sp³-hybridized carbons (Fsp3) is 0.154. The maximum absolute atomic E-state index is 12.7. The monoisotopic (exact) mass is 487 g/mol. The van der Waals surface area contributed by atoms with E-state index in [4.69, 9.17) is 4.74 Å². The lowest BCUT2D eigenvalue weighted by molar-refractivity contribution is -0.116. The molecule has 3 aromatic carbocycles. The molecule has 9 heteroatoms. The number of fused-ring (bicyclic) bond motifs is 1. The predicted molar refractivity (Wildman–Crippen MR) is 139 cm³/mol. The van der Waals surface area contributed by atoms with E-state index < -0.39 is 0 Å². The summed E-state index contributed by atoms with van der Waals surface area (Å²) in [5, 5.41) is 16.8. The van der Waals surface area contributed by atoms with Crippen molar-refractivity contribution in [3.63, 3.8) is 0 Å². The molecule has 35 heavy (non-hydrogen) atoms. The first kappa shape index (κ1) is 24.0. The van der Waals surface area contributed by atoms with Crippen LogP contribution in [0.2, 0.25) is 0 Å². The maximum atomic E-state index is 12.7. The number of aromatic nitrogens is 3. The van der Waals surface area contributed by atoms with Crippen molar-refractivity contribution in [2.45, 2.75) is 18.1 Å². The molecule has 0 aliphatic carbocycles. The number of methoxy groups -OCH3 is 1. The van der Waals surface area contributed by atoms with Gasteiger partial charge in [0.1, 0.15) is 11.6 Å². The molecule has 8 nitrogen and oxygen atoms in total. The topological polar surface area (TPSA) is 98.1 Å². The molecule has 0 aliphatic rings. The molecule has 2 N–H and O–H groups in total. The van der Waals surface area contributed by atoms with Gasteiger partial charge in [-0.3, -0.25) is 9.59 Å². The fourth-order valence-corrected chi connectivity index (χ4v) is 4.37. The second kappa shape index (κ2) is 11.3. The van der Waals surface area contributed by atoms with E-state index in [2.05, 4.69) is 27.4 Å². The molecule has 1 heterocycles. The summed E-state index contributed by atoms with van der Waals surface area (Å²) in [7, 11) is 1.55. The average Bonchev–Trinajstić information content (AvgIpc) is 3.24. The molecule has 0 atom stereocenters. The summed E-state index contributed by atoms with van der Waals surface area (Å²) in [4.78, 5) is 25.3. The van der Waals surface area contributed by atoms with Crippen LogP contribution in [0.25, 0.3) is 10.8 Å². The summed E-state index contributed by atoms with van der Waals surface area (Å²) in [6.45, 7) is 4.20. The van der Waals surface area contributed by atoms with Gasteiger partial charge in [-0.05, 0) is 23.6 Å². The number of thioether (sulfide) groups is 1. The van der Waals surface area contributed by atoms with Gasteiger partial charge in [0.05, 0.1) is 25.0 Å². The molecule has 4 rings (SSSR count). The van der Waals surface area contributed by atoms with E-state index >= 15 is 0 Å². The summed E-state index contributed by atoms with van der Waals surface area (Å²) in [6, 6.07) is 20.9. The molecular weight excluding hydrogens is 462 g/mol. The van der Waals surface area contributed by atoms with Gasteiger partial charge in [0.2, 0.25) is 11.8 Å². The van der Waals surface area contributed by atoms with Crippen LogP contribution < -0.4 is 15.4 Å². The first-order valence-electron chi connectivity index (χ1n) is 10.9. The third-order valence-corrected chi connectivity index (χ3v) is 6.17. The number of amides is 2. The lowest BCUT2D eigenvalue weighted by Crippen LogP contribution is -2.18. The molecule has 0 saturated heterocycles. The van der Waals surface area contributed by atoms with Gasteiger partial charge >= 0.3 is 0 Å². The Balaban J connectivity index is 1.41. The van der Waals surface area contributed by atoms with Gasteiger partial charge in [-0.1, -0.05) is 66.4 Å². The fourth-order valence-electron chi connectivity index (χ4n) is 3.61. The van der Waals surface area contributed by atoms with Gasteiger partial charge in [-0.25, -0.2) is 0 Å². The van der Waals surface area contributed by atoms with Gasteiger partial charge in [-0.2, -0.15) is 0 Å². The van der Waals surface area contributed by atoms with Crippen LogP contribution in [0.1, 0.15) is 5.82 Å². The summed E-state index contributed by atoms with van der Waals surface area (Å²) >= 11 is 1.26. The zero-order valence-electron chi connectivity index (χ0n) is 19.2. The van der Waals surface area contributed by atoms with Crippen molar-refractivity contribution in [2.24, 2.45) is 0 Å². The summed E-state index contributed by atoms with van der Waals surface area (Å²) in [6.07, 6.45) is 1.72. The van der Waals surface area contributed by atoms with Crippen LogP contribution in [-0.4, -0.2) is 39.4 Å². The number of hydrogen-bond donors (Lipinski definition) is 2. The third kappa shape index (κ3) is 5.88. The van der Waals surface area contributed by atoms with Crippen molar-refractivity contribution in [2.75, 3.05) is 23.5 Å². The van der Waals surface area contributed by atoms with Crippen molar-refractivity contribution in [1.29, 1.82) is 0 Å². The Morgan fingerprint density at radius 3 is 2.51 bits per heavy atom. The van der Waals surface area contributed by atoms with Crippen molar-refractivity contribution < 1.29 is 14.3 Å². The Morgan fingerprint density at radius 1 is 0.971 bits per heavy atom. The average molecular weight is 488 g/mol. The minimum absolute atomic E-state index is 0.0155. The third-order valence-electron chi connectivity index (χ3n) is 5.20. The van der Waals surface area contributed by atoms with Gasteiger partial charge in [0, 0.05) is 17.6 Å². The number of nitrogens with zero attached hydrogens (tertiary/aromatic N) is 3. The zero-order valence-corrected chi connectivity index (χ0v) is 20.0.